The van der Waals surface area contributed by atoms with E-state index in [0.29, 0.717) is 13.1 Å². The Morgan fingerprint density at radius 1 is 1.43 bits per heavy atom. The van der Waals surface area contributed by atoms with Crippen LogP contribution in [0.25, 0.3) is 0 Å². The highest BCUT2D eigenvalue weighted by atomic mass is 19.4. The van der Waals surface area contributed by atoms with Gasteiger partial charge >= 0.3 is 6.18 Å². The summed E-state index contributed by atoms with van der Waals surface area (Å²) in [5.41, 5.74) is 1.05. The van der Waals surface area contributed by atoms with Crippen LogP contribution in [0.1, 0.15) is 31.2 Å². The Kier molecular flexibility index (Phi) is 6.04. The number of aromatic nitrogens is 2. The van der Waals surface area contributed by atoms with Crippen LogP contribution in [0.4, 0.5) is 13.2 Å². The van der Waals surface area contributed by atoms with Crippen molar-refractivity contribution in [2.45, 2.75) is 51.4 Å². The Bertz CT molecular complexity index is 516. The minimum Gasteiger partial charge on any atom is -0.372 e. The third kappa shape index (κ3) is 5.85. The smallest absolute Gasteiger partial charge is 0.372 e. The molecule has 1 saturated heterocycles. The normalized spacial score (nSPS) is 19.1. The molecule has 1 aromatic heterocycles. The van der Waals surface area contributed by atoms with Gasteiger partial charge in [-0.3, -0.25) is 9.48 Å². The second-order valence-corrected chi connectivity index (χ2v) is 5.89. The van der Waals surface area contributed by atoms with Gasteiger partial charge in [0.15, 0.2) is 0 Å². The van der Waals surface area contributed by atoms with Crippen molar-refractivity contribution in [2.75, 3.05) is 19.8 Å². The molecule has 0 N–H and O–H groups in total. The van der Waals surface area contributed by atoms with Crippen LogP contribution < -0.4 is 0 Å². The predicted molar refractivity (Wildman–Crippen MR) is 77.8 cm³/mol. The molecule has 1 aliphatic heterocycles. The zero-order valence-corrected chi connectivity index (χ0v) is 13.2. The Morgan fingerprint density at radius 2 is 2.22 bits per heavy atom. The predicted octanol–water partition coefficient (Wildman–Crippen LogP) is 2.54. The molecular formula is C15H22F3N3O2. The summed E-state index contributed by atoms with van der Waals surface area (Å²) in [4.78, 5) is 14.0. The quantitative estimate of drug-likeness (QED) is 0.752. The molecule has 1 fully saturated rings. The molecule has 1 amide bonds. The van der Waals surface area contributed by atoms with Crippen molar-refractivity contribution in [1.82, 2.24) is 14.7 Å². The van der Waals surface area contributed by atoms with Gasteiger partial charge in [-0.2, -0.15) is 18.3 Å². The number of hydrogen-bond donors (Lipinski definition) is 0. The maximum atomic E-state index is 12.3. The van der Waals surface area contributed by atoms with Gasteiger partial charge in [0.05, 0.1) is 31.8 Å². The number of halogens is 3. The van der Waals surface area contributed by atoms with E-state index in [0.717, 1.165) is 24.8 Å². The Hall–Kier alpha value is -1.57. The van der Waals surface area contributed by atoms with E-state index in [1.807, 2.05) is 17.8 Å². The lowest BCUT2D eigenvalue weighted by atomic mass is 10.0. The molecule has 0 radical (unpaired) electrons. The summed E-state index contributed by atoms with van der Waals surface area (Å²) in [5, 5.41) is 4.24. The van der Waals surface area contributed by atoms with Crippen LogP contribution in [0, 0.1) is 6.92 Å². The van der Waals surface area contributed by atoms with E-state index in [2.05, 4.69) is 9.84 Å². The third-order valence-corrected chi connectivity index (χ3v) is 3.83. The van der Waals surface area contributed by atoms with Crippen molar-refractivity contribution in [3.8, 4) is 0 Å². The van der Waals surface area contributed by atoms with E-state index in [4.69, 9.17) is 0 Å². The third-order valence-electron chi connectivity index (χ3n) is 3.83. The number of nitrogens with zero attached hydrogens (tertiary/aromatic N) is 3. The van der Waals surface area contributed by atoms with Crippen molar-refractivity contribution in [3.05, 3.63) is 18.0 Å². The van der Waals surface area contributed by atoms with Gasteiger partial charge in [0.25, 0.3) is 0 Å². The topological polar surface area (TPSA) is 47.4 Å². The van der Waals surface area contributed by atoms with Gasteiger partial charge in [0.2, 0.25) is 5.91 Å². The van der Waals surface area contributed by atoms with E-state index < -0.39 is 12.8 Å². The van der Waals surface area contributed by atoms with Gasteiger partial charge in [-0.05, 0) is 31.7 Å². The minimum absolute atomic E-state index is 0.0231. The van der Waals surface area contributed by atoms with Gasteiger partial charge < -0.3 is 9.64 Å². The van der Waals surface area contributed by atoms with Crippen LogP contribution in [-0.4, -0.2) is 52.6 Å². The lowest BCUT2D eigenvalue weighted by molar-refractivity contribution is -0.175. The summed E-state index contributed by atoms with van der Waals surface area (Å²) in [6, 6.07) is 0.0400. The first kappa shape index (κ1) is 17.8. The first-order chi connectivity index (χ1) is 10.8. The number of hydrogen-bond acceptors (Lipinski definition) is 3. The van der Waals surface area contributed by atoms with Gasteiger partial charge in [0.1, 0.15) is 6.61 Å². The number of rotatable bonds is 6. The van der Waals surface area contributed by atoms with E-state index >= 15 is 0 Å². The molecule has 2 heterocycles. The van der Waals surface area contributed by atoms with Gasteiger partial charge in [-0.15, -0.1) is 0 Å². The molecule has 8 heteroatoms. The molecule has 0 spiro atoms. The summed E-state index contributed by atoms with van der Waals surface area (Å²) in [5.74, 6) is -0.152. The summed E-state index contributed by atoms with van der Waals surface area (Å²) in [7, 11) is 0. The second-order valence-electron chi connectivity index (χ2n) is 5.89. The number of amides is 1. The van der Waals surface area contributed by atoms with Gasteiger partial charge in [0, 0.05) is 12.7 Å². The molecular weight excluding hydrogens is 311 g/mol. The molecule has 0 aliphatic carbocycles. The molecule has 0 bridgehead atoms. The summed E-state index contributed by atoms with van der Waals surface area (Å²) < 4.78 is 42.4. The highest BCUT2D eigenvalue weighted by molar-refractivity contribution is 5.76. The molecule has 130 valence electrons. The summed E-state index contributed by atoms with van der Waals surface area (Å²) in [6.45, 7) is 1.69. The van der Waals surface area contributed by atoms with E-state index in [1.54, 1.807) is 11.1 Å². The Labute approximate surface area is 133 Å². The molecule has 1 atom stereocenters. The maximum absolute atomic E-state index is 12.3. The van der Waals surface area contributed by atoms with E-state index in [-0.39, 0.29) is 25.0 Å². The first-order valence-corrected chi connectivity index (χ1v) is 7.78. The monoisotopic (exact) mass is 333 g/mol. The molecule has 0 unspecified atom stereocenters. The lowest BCUT2D eigenvalue weighted by Gasteiger charge is -2.35. The number of carbonyl (C=O) groups is 1. The number of piperidine rings is 1. The molecule has 0 saturated carbocycles. The van der Waals surface area contributed by atoms with Crippen LogP contribution in [-0.2, 0) is 16.1 Å². The SMILES string of the molecule is Cc1cnn(C[C@H]2CCCCN2C(=O)CCOCC(F)(F)F)c1. The minimum atomic E-state index is -4.35. The molecule has 5 nitrogen and oxygen atoms in total. The summed E-state index contributed by atoms with van der Waals surface area (Å²) in [6.07, 6.45) is 2.15. The standard InChI is InChI=1S/C15H22F3N3O2/c1-12-8-19-20(9-12)10-13-4-2-3-6-21(13)14(22)5-7-23-11-15(16,17)18/h8-9,13H,2-7,10-11H2,1H3/t13-/m1/s1. The highest BCUT2D eigenvalue weighted by Gasteiger charge is 2.29. The first-order valence-electron chi connectivity index (χ1n) is 7.78. The molecule has 2 rings (SSSR count). The van der Waals surface area contributed by atoms with Crippen LogP contribution in [0.15, 0.2) is 12.4 Å². The Morgan fingerprint density at radius 3 is 2.87 bits per heavy atom. The van der Waals surface area contributed by atoms with Crippen molar-refractivity contribution in [3.63, 3.8) is 0 Å². The number of alkyl halides is 3. The van der Waals surface area contributed by atoms with Crippen LogP contribution in [0.5, 0.6) is 0 Å². The maximum Gasteiger partial charge on any atom is 0.411 e. The average molecular weight is 333 g/mol. The largest absolute Gasteiger partial charge is 0.411 e. The lowest BCUT2D eigenvalue weighted by Crippen LogP contribution is -2.46. The molecule has 23 heavy (non-hydrogen) atoms. The fourth-order valence-corrected chi connectivity index (χ4v) is 2.79. The van der Waals surface area contributed by atoms with Crippen molar-refractivity contribution in [2.24, 2.45) is 0 Å². The van der Waals surface area contributed by atoms with E-state index in [1.165, 1.54) is 0 Å². The molecule has 1 aromatic rings. The molecule has 0 aromatic carbocycles. The van der Waals surface area contributed by atoms with Crippen molar-refractivity contribution < 1.29 is 22.7 Å². The van der Waals surface area contributed by atoms with Crippen molar-refractivity contribution >= 4 is 5.91 Å². The van der Waals surface area contributed by atoms with Crippen LogP contribution in [0.2, 0.25) is 0 Å². The number of likely N-dealkylation sites (tertiary alicyclic amines) is 1. The number of ether oxygens (including phenoxy) is 1. The van der Waals surface area contributed by atoms with Crippen molar-refractivity contribution in [1.29, 1.82) is 0 Å². The fourth-order valence-electron chi connectivity index (χ4n) is 2.79. The average Bonchev–Trinajstić information content (AvgIpc) is 2.88. The van der Waals surface area contributed by atoms with Gasteiger partial charge in [-0.25, -0.2) is 0 Å². The molecule has 1 aliphatic rings. The zero-order valence-electron chi connectivity index (χ0n) is 13.2. The van der Waals surface area contributed by atoms with Gasteiger partial charge in [-0.1, -0.05) is 0 Å². The Balaban J connectivity index is 1.83. The zero-order chi connectivity index (χ0) is 16.9. The number of carbonyl (C=O) groups excluding carboxylic acids is 1. The second kappa shape index (κ2) is 7.81. The summed E-state index contributed by atoms with van der Waals surface area (Å²) >= 11 is 0. The van der Waals surface area contributed by atoms with Crippen LogP contribution >= 0.6 is 0 Å². The van der Waals surface area contributed by atoms with Crippen LogP contribution in [0.3, 0.4) is 0 Å². The highest BCUT2D eigenvalue weighted by Crippen LogP contribution is 2.20. The number of aryl methyl sites for hydroxylation is 1. The van der Waals surface area contributed by atoms with E-state index in [9.17, 15) is 18.0 Å². The fraction of sp³-hybridized carbons (Fsp3) is 0.733.